The lowest BCUT2D eigenvalue weighted by Gasteiger charge is -2.08. The number of ether oxygens (including phenoxy) is 1. The number of nitrogens with one attached hydrogen (secondary N) is 1. The van der Waals surface area contributed by atoms with Gasteiger partial charge in [-0.1, -0.05) is 13.3 Å². The highest BCUT2D eigenvalue weighted by Gasteiger charge is 2.17. The van der Waals surface area contributed by atoms with E-state index in [1.807, 2.05) is 0 Å². The van der Waals surface area contributed by atoms with E-state index in [2.05, 4.69) is 27.6 Å². The van der Waals surface area contributed by atoms with Gasteiger partial charge in [-0.15, -0.1) is 0 Å². The summed E-state index contributed by atoms with van der Waals surface area (Å²) in [5, 5.41) is 0. The van der Waals surface area contributed by atoms with E-state index in [-0.39, 0.29) is 15.9 Å². The SMILES string of the molecule is CCCCOCCCNS(=O)(=O)c1ccc(F)cc1Br. The summed E-state index contributed by atoms with van der Waals surface area (Å²) < 4.78 is 44.9. The Morgan fingerprint density at radius 2 is 2.00 bits per heavy atom. The highest BCUT2D eigenvalue weighted by Crippen LogP contribution is 2.22. The van der Waals surface area contributed by atoms with Gasteiger partial charge in [0.25, 0.3) is 0 Å². The largest absolute Gasteiger partial charge is 0.381 e. The van der Waals surface area contributed by atoms with E-state index in [4.69, 9.17) is 4.74 Å². The Kier molecular flexibility index (Phi) is 7.65. The van der Waals surface area contributed by atoms with Gasteiger partial charge in [0, 0.05) is 24.2 Å². The molecule has 0 unspecified atom stereocenters. The summed E-state index contributed by atoms with van der Waals surface area (Å²) in [5.41, 5.74) is 0. The molecule has 4 nitrogen and oxygen atoms in total. The van der Waals surface area contributed by atoms with Gasteiger partial charge >= 0.3 is 0 Å². The van der Waals surface area contributed by atoms with Crippen LogP contribution in [-0.2, 0) is 14.8 Å². The smallest absolute Gasteiger partial charge is 0.241 e. The van der Waals surface area contributed by atoms with Gasteiger partial charge in [0.05, 0.1) is 4.90 Å². The molecule has 0 saturated heterocycles. The first kappa shape index (κ1) is 17.6. The number of hydrogen-bond acceptors (Lipinski definition) is 3. The molecule has 1 aromatic rings. The van der Waals surface area contributed by atoms with Gasteiger partial charge in [-0.05, 0) is 47.0 Å². The van der Waals surface area contributed by atoms with Crippen LogP contribution < -0.4 is 4.72 Å². The fourth-order valence-corrected chi connectivity index (χ4v) is 3.62. The zero-order valence-electron chi connectivity index (χ0n) is 11.4. The van der Waals surface area contributed by atoms with Crippen molar-refractivity contribution in [2.75, 3.05) is 19.8 Å². The van der Waals surface area contributed by atoms with Gasteiger partial charge in [-0.3, -0.25) is 0 Å². The molecule has 0 saturated carbocycles. The number of halogens is 2. The van der Waals surface area contributed by atoms with Crippen LogP contribution >= 0.6 is 15.9 Å². The second kappa shape index (κ2) is 8.71. The number of hydrogen-bond donors (Lipinski definition) is 1. The fraction of sp³-hybridized carbons (Fsp3) is 0.538. The summed E-state index contributed by atoms with van der Waals surface area (Å²) in [7, 11) is -3.62. The molecule has 1 rings (SSSR count). The normalized spacial score (nSPS) is 11.8. The van der Waals surface area contributed by atoms with Crippen LogP contribution in [0.1, 0.15) is 26.2 Å². The minimum atomic E-state index is -3.62. The van der Waals surface area contributed by atoms with Crippen LogP contribution in [0.15, 0.2) is 27.6 Å². The molecule has 0 amide bonds. The molecule has 1 aromatic carbocycles. The predicted molar refractivity (Wildman–Crippen MR) is 79.6 cm³/mol. The minimum absolute atomic E-state index is 0.0331. The molecule has 0 bridgehead atoms. The highest BCUT2D eigenvalue weighted by molar-refractivity contribution is 9.10. The summed E-state index contributed by atoms with van der Waals surface area (Å²) in [4.78, 5) is 0.0331. The third kappa shape index (κ3) is 5.87. The molecule has 0 atom stereocenters. The van der Waals surface area contributed by atoms with Crippen molar-refractivity contribution in [2.45, 2.75) is 31.1 Å². The molecule has 0 aliphatic carbocycles. The standard InChI is InChI=1S/C13H19BrFNO3S/c1-2-3-8-19-9-4-7-16-20(17,18)13-6-5-11(15)10-12(13)14/h5-6,10,16H,2-4,7-9H2,1H3. The minimum Gasteiger partial charge on any atom is -0.381 e. The lowest BCUT2D eigenvalue weighted by Crippen LogP contribution is -2.26. The average molecular weight is 368 g/mol. The van der Waals surface area contributed by atoms with E-state index in [9.17, 15) is 12.8 Å². The van der Waals surface area contributed by atoms with Crippen LogP contribution in [0.5, 0.6) is 0 Å². The van der Waals surface area contributed by atoms with Gasteiger partial charge in [0.1, 0.15) is 5.82 Å². The maximum Gasteiger partial charge on any atom is 0.241 e. The molecule has 0 aliphatic heterocycles. The molecule has 0 aliphatic rings. The third-order valence-corrected chi connectivity index (χ3v) is 5.02. The van der Waals surface area contributed by atoms with Gasteiger partial charge in [-0.2, -0.15) is 0 Å². The molecule has 114 valence electrons. The topological polar surface area (TPSA) is 55.4 Å². The Morgan fingerprint density at radius 3 is 2.65 bits per heavy atom. The second-order valence-electron chi connectivity index (χ2n) is 4.29. The van der Waals surface area contributed by atoms with E-state index >= 15 is 0 Å². The number of benzene rings is 1. The van der Waals surface area contributed by atoms with Gasteiger partial charge < -0.3 is 4.74 Å². The van der Waals surface area contributed by atoms with Crippen LogP contribution in [0.2, 0.25) is 0 Å². The Balaban J connectivity index is 2.42. The second-order valence-corrected chi connectivity index (χ2v) is 6.88. The van der Waals surface area contributed by atoms with E-state index < -0.39 is 15.8 Å². The van der Waals surface area contributed by atoms with E-state index in [0.717, 1.165) is 25.0 Å². The molecule has 0 spiro atoms. The molecule has 0 heterocycles. The summed E-state index contributed by atoms with van der Waals surface area (Å²) in [6, 6.07) is 3.48. The van der Waals surface area contributed by atoms with E-state index in [0.29, 0.717) is 19.6 Å². The molecule has 0 radical (unpaired) electrons. The van der Waals surface area contributed by atoms with Crippen molar-refractivity contribution in [1.29, 1.82) is 0 Å². The van der Waals surface area contributed by atoms with Gasteiger partial charge in [-0.25, -0.2) is 17.5 Å². The molecular formula is C13H19BrFNO3S. The van der Waals surface area contributed by atoms with Crippen LogP contribution in [0.3, 0.4) is 0 Å². The molecule has 0 aromatic heterocycles. The zero-order chi connectivity index (χ0) is 15.0. The lowest BCUT2D eigenvalue weighted by molar-refractivity contribution is 0.130. The molecular weight excluding hydrogens is 349 g/mol. The Hall–Kier alpha value is -0.500. The van der Waals surface area contributed by atoms with Gasteiger partial charge in [0.15, 0.2) is 0 Å². The molecule has 1 N–H and O–H groups in total. The molecule has 0 fully saturated rings. The monoisotopic (exact) mass is 367 g/mol. The summed E-state index contributed by atoms with van der Waals surface area (Å²) in [6.45, 7) is 3.59. The van der Waals surface area contributed by atoms with Crippen molar-refractivity contribution in [1.82, 2.24) is 4.72 Å². The Morgan fingerprint density at radius 1 is 1.30 bits per heavy atom. The van der Waals surface area contributed by atoms with Crippen LogP contribution in [0.4, 0.5) is 4.39 Å². The van der Waals surface area contributed by atoms with Crippen molar-refractivity contribution in [3.05, 3.63) is 28.5 Å². The average Bonchev–Trinajstić information content (AvgIpc) is 2.37. The number of sulfonamides is 1. The zero-order valence-corrected chi connectivity index (χ0v) is 13.8. The van der Waals surface area contributed by atoms with Crippen LogP contribution in [0, 0.1) is 5.82 Å². The maximum atomic E-state index is 12.9. The molecule has 20 heavy (non-hydrogen) atoms. The fourth-order valence-electron chi connectivity index (χ4n) is 1.50. The quantitative estimate of drug-likeness (QED) is 0.682. The predicted octanol–water partition coefficient (Wildman–Crippen LogP) is 3.07. The van der Waals surface area contributed by atoms with Crippen LogP contribution in [-0.4, -0.2) is 28.2 Å². The number of rotatable bonds is 9. The van der Waals surface area contributed by atoms with Crippen molar-refractivity contribution in [3.63, 3.8) is 0 Å². The van der Waals surface area contributed by atoms with Crippen molar-refractivity contribution in [3.8, 4) is 0 Å². The van der Waals surface area contributed by atoms with Crippen molar-refractivity contribution >= 4 is 26.0 Å². The molecule has 7 heteroatoms. The van der Waals surface area contributed by atoms with Crippen molar-refractivity contribution in [2.24, 2.45) is 0 Å². The van der Waals surface area contributed by atoms with E-state index in [1.165, 1.54) is 6.07 Å². The first-order valence-corrected chi connectivity index (χ1v) is 8.77. The van der Waals surface area contributed by atoms with Crippen LogP contribution in [0.25, 0.3) is 0 Å². The summed E-state index contributed by atoms with van der Waals surface area (Å²) in [6.07, 6.45) is 2.68. The third-order valence-electron chi connectivity index (χ3n) is 2.58. The van der Waals surface area contributed by atoms with Crippen molar-refractivity contribution < 1.29 is 17.5 Å². The maximum absolute atomic E-state index is 12.9. The van der Waals surface area contributed by atoms with E-state index in [1.54, 1.807) is 0 Å². The first-order valence-electron chi connectivity index (χ1n) is 6.50. The highest BCUT2D eigenvalue weighted by atomic mass is 79.9. The Bertz CT molecular complexity index is 522. The summed E-state index contributed by atoms with van der Waals surface area (Å²) >= 11 is 3.05. The number of unbranched alkanes of at least 4 members (excludes halogenated alkanes) is 1. The van der Waals surface area contributed by atoms with Gasteiger partial charge in [0.2, 0.25) is 10.0 Å². The summed E-state index contributed by atoms with van der Waals surface area (Å²) in [5.74, 6) is -0.486. The lowest BCUT2D eigenvalue weighted by atomic mass is 10.3. The Labute approximate surface area is 127 Å². The first-order chi connectivity index (χ1) is 9.47.